The second-order valence-corrected chi connectivity index (χ2v) is 4.29. The second-order valence-electron chi connectivity index (χ2n) is 4.29. The first-order valence-corrected chi connectivity index (χ1v) is 5.53. The molecule has 4 heteroatoms. The van der Waals surface area contributed by atoms with Crippen LogP contribution >= 0.6 is 0 Å². The number of carbonyl (C=O) groups is 1. The van der Waals surface area contributed by atoms with Gasteiger partial charge in [0, 0.05) is 12.1 Å². The normalized spacial score (nSPS) is 11.5. The monoisotopic (exact) mass is 217 g/mol. The summed E-state index contributed by atoms with van der Waals surface area (Å²) in [7, 11) is 0. The van der Waals surface area contributed by atoms with Gasteiger partial charge in [-0.3, -0.25) is 4.79 Å². The molecule has 0 bridgehead atoms. The lowest BCUT2D eigenvalue weighted by molar-refractivity contribution is -0.143. The van der Waals surface area contributed by atoms with Crippen LogP contribution in [0.5, 0.6) is 0 Å². The Morgan fingerprint density at radius 1 is 1.47 bits per heavy atom. The Hall–Kier alpha value is -0.610. The molecule has 0 saturated heterocycles. The minimum Gasteiger partial charge on any atom is -0.466 e. The van der Waals surface area contributed by atoms with E-state index in [0.29, 0.717) is 19.6 Å². The lowest BCUT2D eigenvalue weighted by Crippen LogP contribution is -2.43. The second kappa shape index (κ2) is 7.65. The van der Waals surface area contributed by atoms with Crippen LogP contribution in [-0.2, 0) is 9.53 Å². The Kier molecular flexibility index (Phi) is 7.34. The number of nitrogens with one attached hydrogen (secondary N) is 1. The fraction of sp³-hybridized carbons (Fsp3) is 0.909. The van der Waals surface area contributed by atoms with Crippen LogP contribution in [0.2, 0.25) is 0 Å². The van der Waals surface area contributed by atoms with Crippen molar-refractivity contribution in [3.8, 4) is 0 Å². The van der Waals surface area contributed by atoms with Gasteiger partial charge in [-0.1, -0.05) is 13.3 Å². The van der Waals surface area contributed by atoms with E-state index in [1.54, 1.807) is 0 Å². The van der Waals surface area contributed by atoms with E-state index in [1.165, 1.54) is 0 Å². The molecule has 0 saturated carbocycles. The van der Waals surface area contributed by atoms with E-state index in [0.717, 1.165) is 12.8 Å². The summed E-state index contributed by atoms with van der Waals surface area (Å²) in [6.07, 6.45) is 2.30. The Morgan fingerprint density at radius 2 is 2.13 bits per heavy atom. The highest BCUT2D eigenvalue weighted by Gasteiger charge is 2.15. The van der Waals surface area contributed by atoms with Crippen LogP contribution in [0.4, 0.5) is 0 Å². The molecule has 0 amide bonds. The van der Waals surface area contributed by atoms with Gasteiger partial charge in [0.25, 0.3) is 0 Å². The third kappa shape index (κ3) is 8.39. The van der Waals surface area contributed by atoms with Crippen molar-refractivity contribution in [2.45, 2.75) is 45.6 Å². The zero-order valence-electron chi connectivity index (χ0n) is 10.0. The molecular weight excluding hydrogens is 194 g/mol. The van der Waals surface area contributed by atoms with Gasteiger partial charge in [-0.2, -0.15) is 0 Å². The Morgan fingerprint density at radius 3 is 2.67 bits per heavy atom. The van der Waals surface area contributed by atoms with Crippen LogP contribution in [0.25, 0.3) is 0 Å². The first-order valence-electron chi connectivity index (χ1n) is 5.53. The van der Waals surface area contributed by atoms with Crippen molar-refractivity contribution in [1.82, 2.24) is 5.32 Å². The smallest absolute Gasteiger partial charge is 0.307 e. The van der Waals surface area contributed by atoms with E-state index in [1.807, 2.05) is 13.8 Å². The minimum atomic E-state index is -0.330. The van der Waals surface area contributed by atoms with Gasteiger partial charge in [-0.25, -0.2) is 0 Å². The average molecular weight is 217 g/mol. The van der Waals surface area contributed by atoms with Crippen molar-refractivity contribution in [1.29, 1.82) is 0 Å². The first kappa shape index (κ1) is 14.4. The fourth-order valence-corrected chi connectivity index (χ4v) is 0.961. The van der Waals surface area contributed by atoms with E-state index >= 15 is 0 Å². The predicted octanol–water partition coefficient (Wildman–Crippen LogP) is 1.08. The molecule has 2 N–H and O–H groups in total. The van der Waals surface area contributed by atoms with Gasteiger partial charge in [0.15, 0.2) is 0 Å². The maximum absolute atomic E-state index is 11.2. The van der Waals surface area contributed by atoms with E-state index in [9.17, 15) is 4.79 Å². The standard InChI is InChI=1S/C11H23NO3/c1-4-5-8-15-10(14)6-7-12-11(2,3)9-13/h12-13H,4-9H2,1-3H3. The van der Waals surface area contributed by atoms with Gasteiger partial charge in [-0.05, 0) is 20.3 Å². The molecule has 4 nitrogen and oxygen atoms in total. The number of hydrogen-bond acceptors (Lipinski definition) is 4. The number of hydrogen-bond donors (Lipinski definition) is 2. The number of aliphatic hydroxyl groups excluding tert-OH is 1. The summed E-state index contributed by atoms with van der Waals surface area (Å²) < 4.78 is 4.99. The molecule has 0 radical (unpaired) electrons. The van der Waals surface area contributed by atoms with Crippen molar-refractivity contribution in [2.75, 3.05) is 19.8 Å². The maximum Gasteiger partial charge on any atom is 0.307 e. The summed E-state index contributed by atoms with van der Waals surface area (Å²) in [6, 6.07) is 0. The highest BCUT2D eigenvalue weighted by molar-refractivity contribution is 5.69. The van der Waals surface area contributed by atoms with Crippen molar-refractivity contribution >= 4 is 5.97 Å². The topological polar surface area (TPSA) is 58.6 Å². The summed E-state index contributed by atoms with van der Waals surface area (Å²) in [5.41, 5.74) is -0.330. The summed E-state index contributed by atoms with van der Waals surface area (Å²) >= 11 is 0. The van der Waals surface area contributed by atoms with Crippen molar-refractivity contribution in [3.05, 3.63) is 0 Å². The molecule has 0 aliphatic heterocycles. The van der Waals surface area contributed by atoms with Crippen LogP contribution in [0, 0.1) is 0 Å². The van der Waals surface area contributed by atoms with Crippen molar-refractivity contribution in [2.24, 2.45) is 0 Å². The molecule has 0 aromatic rings. The predicted molar refractivity (Wildman–Crippen MR) is 59.7 cm³/mol. The van der Waals surface area contributed by atoms with E-state index in [2.05, 4.69) is 12.2 Å². The molecule has 0 atom stereocenters. The highest BCUT2D eigenvalue weighted by Crippen LogP contribution is 1.99. The first-order chi connectivity index (χ1) is 7.02. The molecular formula is C11H23NO3. The minimum absolute atomic E-state index is 0.0535. The fourth-order valence-electron chi connectivity index (χ4n) is 0.961. The lowest BCUT2D eigenvalue weighted by atomic mass is 10.1. The highest BCUT2D eigenvalue weighted by atomic mass is 16.5. The Labute approximate surface area is 92.0 Å². The van der Waals surface area contributed by atoms with Crippen LogP contribution in [0.1, 0.15) is 40.0 Å². The quantitative estimate of drug-likeness (QED) is 0.472. The van der Waals surface area contributed by atoms with Crippen molar-refractivity contribution in [3.63, 3.8) is 0 Å². The number of esters is 1. The molecule has 0 spiro atoms. The molecule has 0 aliphatic rings. The van der Waals surface area contributed by atoms with Crippen LogP contribution < -0.4 is 5.32 Å². The van der Waals surface area contributed by atoms with Gasteiger partial charge >= 0.3 is 5.97 Å². The summed E-state index contributed by atoms with van der Waals surface area (Å²) in [5, 5.41) is 12.0. The largest absolute Gasteiger partial charge is 0.466 e. The molecule has 90 valence electrons. The number of aliphatic hydroxyl groups is 1. The zero-order valence-corrected chi connectivity index (χ0v) is 10.0. The van der Waals surface area contributed by atoms with Crippen LogP contribution in [-0.4, -0.2) is 36.4 Å². The zero-order chi connectivity index (χ0) is 11.7. The number of unbranched alkanes of at least 4 members (excludes halogenated alkanes) is 1. The SMILES string of the molecule is CCCCOC(=O)CCNC(C)(C)CO. The molecule has 0 rings (SSSR count). The van der Waals surface area contributed by atoms with Gasteiger partial charge < -0.3 is 15.2 Å². The lowest BCUT2D eigenvalue weighted by Gasteiger charge is -2.23. The summed E-state index contributed by atoms with van der Waals surface area (Å²) in [6.45, 7) is 6.93. The summed E-state index contributed by atoms with van der Waals surface area (Å²) in [4.78, 5) is 11.2. The van der Waals surface area contributed by atoms with E-state index in [-0.39, 0.29) is 18.1 Å². The maximum atomic E-state index is 11.2. The van der Waals surface area contributed by atoms with E-state index in [4.69, 9.17) is 9.84 Å². The molecule has 0 heterocycles. The van der Waals surface area contributed by atoms with Crippen LogP contribution in [0.15, 0.2) is 0 Å². The summed E-state index contributed by atoms with van der Waals surface area (Å²) in [5.74, 6) is -0.176. The van der Waals surface area contributed by atoms with Gasteiger partial charge in [0.1, 0.15) is 0 Å². The van der Waals surface area contributed by atoms with Gasteiger partial charge in [-0.15, -0.1) is 0 Å². The van der Waals surface area contributed by atoms with Gasteiger partial charge in [0.2, 0.25) is 0 Å². The molecule has 15 heavy (non-hydrogen) atoms. The number of carbonyl (C=O) groups excluding carboxylic acids is 1. The third-order valence-electron chi connectivity index (χ3n) is 2.09. The molecule has 0 aliphatic carbocycles. The third-order valence-corrected chi connectivity index (χ3v) is 2.09. The van der Waals surface area contributed by atoms with Crippen molar-refractivity contribution < 1.29 is 14.6 Å². The van der Waals surface area contributed by atoms with E-state index < -0.39 is 0 Å². The molecule has 0 aromatic carbocycles. The molecule has 0 aromatic heterocycles. The Balaban J connectivity index is 3.46. The number of ether oxygens (including phenoxy) is 1. The van der Waals surface area contributed by atoms with Crippen LogP contribution in [0.3, 0.4) is 0 Å². The number of rotatable bonds is 8. The average Bonchev–Trinajstić information content (AvgIpc) is 2.18. The molecule has 0 unspecified atom stereocenters. The molecule has 0 fully saturated rings. The van der Waals surface area contributed by atoms with Gasteiger partial charge in [0.05, 0.1) is 19.6 Å². The Bertz CT molecular complexity index is 181.